The second-order valence-electron chi connectivity index (χ2n) is 5.98. The molecule has 27 heavy (non-hydrogen) atoms. The molecule has 7 nitrogen and oxygen atoms in total. The summed E-state index contributed by atoms with van der Waals surface area (Å²) in [6, 6.07) is 13.5. The van der Waals surface area contributed by atoms with Gasteiger partial charge in [-0.25, -0.2) is 4.98 Å². The molecule has 0 fully saturated rings. The van der Waals surface area contributed by atoms with Gasteiger partial charge in [-0.15, -0.1) is 0 Å². The number of imidazole rings is 1. The fraction of sp³-hybridized carbons (Fsp3) is 0.200. The van der Waals surface area contributed by atoms with E-state index in [1.54, 1.807) is 12.3 Å². The first-order valence-corrected chi connectivity index (χ1v) is 8.75. The lowest BCUT2D eigenvalue weighted by Gasteiger charge is -2.07. The first kappa shape index (κ1) is 18.3. The van der Waals surface area contributed by atoms with Gasteiger partial charge in [-0.3, -0.25) is 14.6 Å². The van der Waals surface area contributed by atoms with Crippen LogP contribution in [0.15, 0.2) is 55.0 Å². The highest BCUT2D eigenvalue weighted by Crippen LogP contribution is 2.07. The number of hydrogen-bond acceptors (Lipinski definition) is 4. The lowest BCUT2D eigenvalue weighted by Crippen LogP contribution is -2.29. The summed E-state index contributed by atoms with van der Waals surface area (Å²) in [6.45, 7) is 2.73. The summed E-state index contributed by atoms with van der Waals surface area (Å²) in [4.78, 5) is 35.6. The summed E-state index contributed by atoms with van der Waals surface area (Å²) >= 11 is 0. The first-order valence-electron chi connectivity index (χ1n) is 8.75. The van der Waals surface area contributed by atoms with Gasteiger partial charge in [-0.1, -0.05) is 37.3 Å². The number of aromatic amines is 1. The third-order valence-electron chi connectivity index (χ3n) is 4.12. The van der Waals surface area contributed by atoms with Crippen molar-refractivity contribution in [2.24, 2.45) is 0 Å². The van der Waals surface area contributed by atoms with Crippen LogP contribution >= 0.6 is 0 Å². The van der Waals surface area contributed by atoms with E-state index in [2.05, 4.69) is 32.5 Å². The van der Waals surface area contributed by atoms with E-state index >= 15 is 0 Å². The zero-order valence-corrected chi connectivity index (χ0v) is 15.0. The van der Waals surface area contributed by atoms with E-state index in [1.807, 2.05) is 36.4 Å². The fourth-order valence-electron chi connectivity index (χ4n) is 2.56. The Hall–Kier alpha value is -3.48. The lowest BCUT2D eigenvalue weighted by atomic mass is 10.1. The van der Waals surface area contributed by atoms with Crippen LogP contribution in [0.4, 0.5) is 0 Å². The monoisotopic (exact) mass is 363 g/mol. The minimum atomic E-state index is -0.431. The summed E-state index contributed by atoms with van der Waals surface area (Å²) in [5, 5.41) is 5.52. The second kappa shape index (κ2) is 8.75. The van der Waals surface area contributed by atoms with Gasteiger partial charge in [0.25, 0.3) is 11.8 Å². The van der Waals surface area contributed by atoms with Crippen LogP contribution in [0.5, 0.6) is 0 Å². The minimum Gasteiger partial charge on any atom is -0.347 e. The highest BCUT2D eigenvalue weighted by Gasteiger charge is 2.20. The molecule has 3 N–H and O–H groups in total. The molecule has 1 aromatic carbocycles. The Morgan fingerprint density at radius 1 is 0.926 bits per heavy atom. The van der Waals surface area contributed by atoms with Crippen molar-refractivity contribution in [2.45, 2.75) is 26.4 Å². The molecule has 0 aliphatic rings. The van der Waals surface area contributed by atoms with Gasteiger partial charge in [0.2, 0.25) is 0 Å². The summed E-state index contributed by atoms with van der Waals surface area (Å²) in [5.74, 6) is -0.811. The van der Waals surface area contributed by atoms with Crippen molar-refractivity contribution in [3.05, 3.63) is 83.2 Å². The van der Waals surface area contributed by atoms with Gasteiger partial charge in [-0.05, 0) is 29.7 Å². The molecule has 3 rings (SSSR count). The van der Waals surface area contributed by atoms with E-state index in [-0.39, 0.29) is 23.8 Å². The number of benzene rings is 1. The van der Waals surface area contributed by atoms with Crippen LogP contribution < -0.4 is 10.6 Å². The van der Waals surface area contributed by atoms with Crippen LogP contribution in [0.2, 0.25) is 0 Å². The third-order valence-corrected chi connectivity index (χ3v) is 4.12. The molecular formula is C20H21N5O2. The molecule has 2 aromatic heterocycles. The molecule has 0 aliphatic heterocycles. The Morgan fingerprint density at radius 2 is 1.67 bits per heavy atom. The van der Waals surface area contributed by atoms with Crippen molar-refractivity contribution in [3.63, 3.8) is 0 Å². The normalized spacial score (nSPS) is 10.4. The van der Waals surface area contributed by atoms with Gasteiger partial charge < -0.3 is 15.6 Å². The number of nitrogens with zero attached hydrogens (tertiary/aromatic N) is 2. The molecule has 0 radical (unpaired) electrons. The van der Waals surface area contributed by atoms with Gasteiger partial charge in [0, 0.05) is 12.7 Å². The van der Waals surface area contributed by atoms with E-state index in [4.69, 9.17) is 0 Å². The number of H-pyrrole nitrogens is 1. The van der Waals surface area contributed by atoms with E-state index in [9.17, 15) is 9.59 Å². The van der Waals surface area contributed by atoms with Crippen LogP contribution in [0.1, 0.15) is 44.7 Å². The fourth-order valence-corrected chi connectivity index (χ4v) is 2.56. The first-order chi connectivity index (χ1) is 13.2. The van der Waals surface area contributed by atoms with Crippen molar-refractivity contribution in [3.8, 4) is 0 Å². The maximum absolute atomic E-state index is 12.4. The topological polar surface area (TPSA) is 99.8 Å². The van der Waals surface area contributed by atoms with E-state index in [1.165, 1.54) is 11.9 Å². The molecule has 138 valence electrons. The molecule has 0 saturated carbocycles. The minimum absolute atomic E-state index is 0.0600. The predicted octanol–water partition coefficient (Wildman–Crippen LogP) is 2.23. The van der Waals surface area contributed by atoms with Crippen LogP contribution in [-0.4, -0.2) is 26.8 Å². The van der Waals surface area contributed by atoms with Crippen molar-refractivity contribution >= 4 is 11.8 Å². The number of carbonyl (C=O) groups excluding carboxylic acids is 2. The van der Waals surface area contributed by atoms with Crippen LogP contribution in [0, 0.1) is 0 Å². The number of carbonyl (C=O) groups is 2. The molecule has 0 bridgehead atoms. The summed E-state index contributed by atoms with van der Waals surface area (Å²) in [7, 11) is 0. The number of aryl methyl sites for hydroxylation is 1. The summed E-state index contributed by atoms with van der Waals surface area (Å²) in [5.41, 5.74) is 3.15. The lowest BCUT2D eigenvalue weighted by molar-refractivity contribution is 0.0911. The van der Waals surface area contributed by atoms with Gasteiger partial charge in [0.05, 0.1) is 18.6 Å². The largest absolute Gasteiger partial charge is 0.347 e. The Kier molecular flexibility index (Phi) is 5.94. The molecule has 0 atom stereocenters. The Bertz CT molecular complexity index is 904. The molecule has 3 aromatic rings. The van der Waals surface area contributed by atoms with E-state index < -0.39 is 5.91 Å². The zero-order valence-electron chi connectivity index (χ0n) is 15.0. The quantitative estimate of drug-likeness (QED) is 0.599. The van der Waals surface area contributed by atoms with Crippen LogP contribution in [0.25, 0.3) is 0 Å². The van der Waals surface area contributed by atoms with E-state index in [0.717, 1.165) is 17.7 Å². The van der Waals surface area contributed by atoms with Crippen molar-refractivity contribution in [2.75, 3.05) is 0 Å². The second-order valence-corrected chi connectivity index (χ2v) is 5.98. The summed E-state index contributed by atoms with van der Waals surface area (Å²) < 4.78 is 0. The van der Waals surface area contributed by atoms with Gasteiger partial charge in [-0.2, -0.15) is 0 Å². The number of amides is 2. The third kappa shape index (κ3) is 4.78. The molecule has 2 heterocycles. The number of rotatable bonds is 7. The molecule has 0 unspecified atom stereocenters. The SMILES string of the molecule is CCc1ccc(CNC(=O)c2[nH]cnc2C(=O)NCc2ccccn2)cc1. The Morgan fingerprint density at radius 3 is 2.37 bits per heavy atom. The van der Waals surface area contributed by atoms with Crippen molar-refractivity contribution in [1.29, 1.82) is 0 Å². The Balaban J connectivity index is 1.59. The highest BCUT2D eigenvalue weighted by atomic mass is 16.2. The molecule has 0 saturated heterocycles. The van der Waals surface area contributed by atoms with Crippen LogP contribution in [-0.2, 0) is 19.5 Å². The average molecular weight is 363 g/mol. The van der Waals surface area contributed by atoms with Gasteiger partial charge >= 0.3 is 0 Å². The maximum atomic E-state index is 12.4. The maximum Gasteiger partial charge on any atom is 0.272 e. The number of aromatic nitrogens is 3. The smallest absolute Gasteiger partial charge is 0.272 e. The molecular weight excluding hydrogens is 342 g/mol. The highest BCUT2D eigenvalue weighted by molar-refractivity contribution is 6.04. The predicted molar refractivity (Wildman–Crippen MR) is 101 cm³/mol. The number of hydrogen-bond donors (Lipinski definition) is 3. The number of pyridine rings is 1. The Labute approximate surface area is 157 Å². The molecule has 0 spiro atoms. The standard InChI is InChI=1S/C20H21N5O2/c1-2-14-6-8-15(9-7-14)11-22-19(26)17-18(25-13-24-17)20(27)23-12-16-5-3-4-10-21-16/h3-10,13H,2,11-12H2,1H3,(H,22,26)(H,23,27)(H,24,25). The molecule has 2 amide bonds. The van der Waals surface area contributed by atoms with Crippen LogP contribution in [0.3, 0.4) is 0 Å². The van der Waals surface area contributed by atoms with Gasteiger partial charge in [0.1, 0.15) is 5.69 Å². The average Bonchev–Trinajstić information content (AvgIpc) is 3.21. The molecule has 0 aliphatic carbocycles. The number of nitrogens with one attached hydrogen (secondary N) is 3. The van der Waals surface area contributed by atoms with E-state index in [0.29, 0.717) is 6.54 Å². The zero-order chi connectivity index (χ0) is 19.1. The summed E-state index contributed by atoms with van der Waals surface area (Å²) in [6.07, 6.45) is 3.96. The molecule has 7 heteroatoms. The van der Waals surface area contributed by atoms with Crippen molar-refractivity contribution in [1.82, 2.24) is 25.6 Å². The van der Waals surface area contributed by atoms with Crippen molar-refractivity contribution < 1.29 is 9.59 Å². The van der Waals surface area contributed by atoms with Gasteiger partial charge in [0.15, 0.2) is 5.69 Å².